The molecule has 2 saturated heterocycles. The van der Waals surface area contributed by atoms with Crippen molar-refractivity contribution in [1.82, 2.24) is 24.9 Å². The molecule has 0 aliphatic carbocycles. The highest BCUT2D eigenvalue weighted by molar-refractivity contribution is 6.06. The molecule has 180 valence electrons. The Morgan fingerprint density at radius 3 is 2.68 bits per heavy atom. The minimum Gasteiger partial charge on any atom is -0.494 e. The van der Waals surface area contributed by atoms with Gasteiger partial charge in [-0.2, -0.15) is 5.10 Å². The Bertz CT molecular complexity index is 1110. The maximum atomic E-state index is 13.3. The predicted octanol–water partition coefficient (Wildman–Crippen LogP) is 2.38. The van der Waals surface area contributed by atoms with E-state index >= 15 is 0 Å². The molecule has 1 amide bonds. The molecule has 5 rings (SSSR count). The molecule has 1 aromatic heterocycles. The number of nitrogens with zero attached hydrogens (tertiary/aromatic N) is 4. The molecule has 2 aromatic carbocycles. The zero-order chi connectivity index (χ0) is 23.3. The normalized spacial score (nSPS) is 19.5. The number of carbonyl (C=O) groups is 1. The van der Waals surface area contributed by atoms with Crippen molar-refractivity contribution >= 4 is 16.8 Å². The summed E-state index contributed by atoms with van der Waals surface area (Å²) < 4.78 is 13.0. The molecule has 0 radical (unpaired) electrons. The number of amides is 1. The summed E-state index contributed by atoms with van der Waals surface area (Å²) in [7, 11) is 1.66. The van der Waals surface area contributed by atoms with Gasteiger partial charge in [-0.3, -0.25) is 19.3 Å². The first-order valence-electron chi connectivity index (χ1n) is 12.1. The molecular weight excluding hydrogens is 430 g/mol. The number of rotatable bonds is 8. The number of para-hydroxylation sites is 1. The van der Waals surface area contributed by atoms with Gasteiger partial charge in [-0.15, -0.1) is 0 Å². The molecule has 8 heteroatoms. The SMILES string of the molecule is COc1cccc2c(C(=O)N[C@@H]3CCN(Cc4ccccc4)C3)nn(CCN3CCOCC3)c12. The van der Waals surface area contributed by atoms with Crippen molar-refractivity contribution in [2.75, 3.05) is 53.0 Å². The molecule has 1 atom stereocenters. The zero-order valence-corrected chi connectivity index (χ0v) is 19.8. The minimum absolute atomic E-state index is 0.116. The van der Waals surface area contributed by atoms with Gasteiger partial charge in [0.2, 0.25) is 0 Å². The number of fused-ring (bicyclic) bond motifs is 1. The Balaban J connectivity index is 1.29. The number of nitrogens with one attached hydrogen (secondary N) is 1. The highest BCUT2D eigenvalue weighted by atomic mass is 16.5. The van der Waals surface area contributed by atoms with Crippen molar-refractivity contribution in [2.45, 2.75) is 25.6 Å². The van der Waals surface area contributed by atoms with Gasteiger partial charge in [-0.1, -0.05) is 42.5 Å². The van der Waals surface area contributed by atoms with Crippen LogP contribution in [-0.2, 0) is 17.8 Å². The van der Waals surface area contributed by atoms with Crippen LogP contribution in [0.15, 0.2) is 48.5 Å². The number of likely N-dealkylation sites (tertiary alicyclic amines) is 1. The molecule has 0 unspecified atom stereocenters. The first-order chi connectivity index (χ1) is 16.7. The van der Waals surface area contributed by atoms with Crippen LogP contribution in [0.2, 0.25) is 0 Å². The van der Waals surface area contributed by atoms with Crippen molar-refractivity contribution in [3.05, 3.63) is 59.8 Å². The van der Waals surface area contributed by atoms with Crippen LogP contribution in [0.25, 0.3) is 10.9 Å². The van der Waals surface area contributed by atoms with E-state index in [-0.39, 0.29) is 11.9 Å². The summed E-state index contributed by atoms with van der Waals surface area (Å²) in [6.07, 6.45) is 0.942. The van der Waals surface area contributed by atoms with Crippen molar-refractivity contribution < 1.29 is 14.3 Å². The van der Waals surface area contributed by atoms with Crippen LogP contribution in [0.5, 0.6) is 5.75 Å². The second-order valence-electron chi connectivity index (χ2n) is 9.06. The van der Waals surface area contributed by atoms with Gasteiger partial charge in [0.1, 0.15) is 11.3 Å². The molecule has 0 bridgehead atoms. The Labute approximate surface area is 200 Å². The van der Waals surface area contributed by atoms with E-state index in [2.05, 4.69) is 39.4 Å². The van der Waals surface area contributed by atoms with Crippen molar-refractivity contribution in [2.24, 2.45) is 0 Å². The van der Waals surface area contributed by atoms with Gasteiger partial charge in [0.25, 0.3) is 5.91 Å². The van der Waals surface area contributed by atoms with Crippen LogP contribution in [0, 0.1) is 0 Å². The standard InChI is InChI=1S/C26H33N5O3/c1-33-23-9-5-8-22-24(28-31(25(22)23)13-12-29-14-16-34-17-15-29)26(32)27-21-10-11-30(19-21)18-20-6-3-2-4-7-20/h2-9,21H,10-19H2,1H3,(H,27,32)/t21-/m1/s1. The van der Waals surface area contributed by atoms with Crippen LogP contribution in [0.4, 0.5) is 0 Å². The Morgan fingerprint density at radius 2 is 1.88 bits per heavy atom. The van der Waals surface area contributed by atoms with Crippen LogP contribution in [-0.4, -0.2) is 84.6 Å². The van der Waals surface area contributed by atoms with Gasteiger partial charge in [0.15, 0.2) is 5.69 Å². The fourth-order valence-corrected chi connectivity index (χ4v) is 4.95. The third-order valence-electron chi connectivity index (χ3n) is 6.76. The third kappa shape index (κ3) is 5.09. The summed E-state index contributed by atoms with van der Waals surface area (Å²) in [5.41, 5.74) is 2.64. The Morgan fingerprint density at radius 1 is 1.06 bits per heavy atom. The van der Waals surface area contributed by atoms with E-state index in [1.165, 1.54) is 5.56 Å². The average Bonchev–Trinajstić information content (AvgIpc) is 3.48. The predicted molar refractivity (Wildman–Crippen MR) is 131 cm³/mol. The number of benzene rings is 2. The lowest BCUT2D eigenvalue weighted by atomic mass is 10.1. The molecule has 1 N–H and O–H groups in total. The second kappa shape index (κ2) is 10.5. The number of methoxy groups -OCH3 is 1. The molecule has 3 heterocycles. The summed E-state index contributed by atoms with van der Waals surface area (Å²) in [6.45, 7) is 7.65. The summed E-state index contributed by atoms with van der Waals surface area (Å²) in [5, 5.41) is 8.83. The van der Waals surface area contributed by atoms with Gasteiger partial charge in [-0.25, -0.2) is 0 Å². The molecule has 0 spiro atoms. The van der Waals surface area contributed by atoms with Gasteiger partial charge >= 0.3 is 0 Å². The number of carbonyl (C=O) groups excluding carboxylic acids is 1. The largest absolute Gasteiger partial charge is 0.494 e. The molecule has 2 aliphatic rings. The average molecular weight is 464 g/mol. The summed E-state index contributed by atoms with van der Waals surface area (Å²) in [4.78, 5) is 18.1. The molecule has 8 nitrogen and oxygen atoms in total. The van der Waals surface area contributed by atoms with Gasteiger partial charge in [0.05, 0.1) is 26.9 Å². The minimum atomic E-state index is -0.116. The fourth-order valence-electron chi connectivity index (χ4n) is 4.95. The summed E-state index contributed by atoms with van der Waals surface area (Å²) in [6, 6.07) is 16.4. The molecule has 0 saturated carbocycles. The van der Waals surface area contributed by atoms with Crippen molar-refractivity contribution in [3.63, 3.8) is 0 Å². The Kier molecular flexibility index (Phi) is 7.08. The van der Waals surface area contributed by atoms with Crippen LogP contribution >= 0.6 is 0 Å². The monoisotopic (exact) mass is 463 g/mol. The number of hydrogen-bond donors (Lipinski definition) is 1. The Hall–Kier alpha value is -2.94. The van der Waals surface area contributed by atoms with E-state index in [4.69, 9.17) is 14.6 Å². The molecule has 2 fully saturated rings. The molecular formula is C26H33N5O3. The number of ether oxygens (including phenoxy) is 2. The number of morpholine rings is 1. The maximum Gasteiger partial charge on any atom is 0.272 e. The fraction of sp³-hybridized carbons (Fsp3) is 0.462. The smallest absolute Gasteiger partial charge is 0.272 e. The topological polar surface area (TPSA) is 71.9 Å². The van der Waals surface area contributed by atoms with Crippen LogP contribution < -0.4 is 10.1 Å². The van der Waals surface area contributed by atoms with Gasteiger partial charge in [-0.05, 0) is 18.1 Å². The highest BCUT2D eigenvalue weighted by Crippen LogP contribution is 2.28. The number of aromatic nitrogens is 2. The lowest BCUT2D eigenvalue weighted by molar-refractivity contribution is 0.0361. The van der Waals surface area contributed by atoms with Gasteiger partial charge < -0.3 is 14.8 Å². The van der Waals surface area contributed by atoms with E-state index < -0.39 is 0 Å². The van der Waals surface area contributed by atoms with E-state index in [1.807, 2.05) is 28.9 Å². The maximum absolute atomic E-state index is 13.3. The number of hydrogen-bond acceptors (Lipinski definition) is 6. The summed E-state index contributed by atoms with van der Waals surface area (Å²) in [5.74, 6) is 0.621. The van der Waals surface area contributed by atoms with Crippen molar-refractivity contribution in [3.8, 4) is 5.75 Å². The molecule has 3 aromatic rings. The van der Waals surface area contributed by atoms with E-state index in [1.54, 1.807) is 7.11 Å². The quantitative estimate of drug-likeness (QED) is 0.553. The van der Waals surface area contributed by atoms with Crippen LogP contribution in [0.1, 0.15) is 22.5 Å². The lowest BCUT2D eigenvalue weighted by Crippen LogP contribution is -2.38. The third-order valence-corrected chi connectivity index (χ3v) is 6.76. The van der Waals surface area contributed by atoms with E-state index in [9.17, 15) is 4.79 Å². The van der Waals surface area contributed by atoms with E-state index in [0.29, 0.717) is 12.2 Å². The molecule has 2 aliphatic heterocycles. The first kappa shape index (κ1) is 22.8. The highest BCUT2D eigenvalue weighted by Gasteiger charge is 2.27. The lowest BCUT2D eigenvalue weighted by Gasteiger charge is -2.26. The first-order valence-corrected chi connectivity index (χ1v) is 12.1. The molecule has 34 heavy (non-hydrogen) atoms. The summed E-state index contributed by atoms with van der Waals surface area (Å²) >= 11 is 0. The van der Waals surface area contributed by atoms with Gasteiger partial charge in [0, 0.05) is 50.7 Å². The van der Waals surface area contributed by atoms with E-state index in [0.717, 1.165) is 75.6 Å². The zero-order valence-electron chi connectivity index (χ0n) is 19.8. The van der Waals surface area contributed by atoms with Crippen molar-refractivity contribution in [1.29, 1.82) is 0 Å². The second-order valence-corrected chi connectivity index (χ2v) is 9.06. The van der Waals surface area contributed by atoms with Crippen LogP contribution in [0.3, 0.4) is 0 Å².